The van der Waals surface area contributed by atoms with Crippen LogP contribution in [0.2, 0.25) is 0 Å². The molecule has 11 heteroatoms. The summed E-state index contributed by atoms with van der Waals surface area (Å²) in [6.45, 7) is 0. The van der Waals surface area contributed by atoms with E-state index < -0.39 is 11.6 Å². The van der Waals surface area contributed by atoms with Gasteiger partial charge in [-0.3, -0.25) is 9.13 Å². The molecule has 0 saturated heterocycles. The maximum Gasteiger partial charge on any atom is 0.326 e. The fourth-order valence-corrected chi connectivity index (χ4v) is 4.73. The number of hydrogen-bond acceptors (Lipinski definition) is 6. The van der Waals surface area contributed by atoms with E-state index in [0.717, 1.165) is 16.7 Å². The number of hydrogen-bond donors (Lipinski definition) is 2. The summed E-state index contributed by atoms with van der Waals surface area (Å²) in [5.41, 5.74) is 2.39. The summed E-state index contributed by atoms with van der Waals surface area (Å²) in [6, 6.07) is 10.9. The molecule has 2 aromatic carbocycles. The first-order chi connectivity index (χ1) is 17.0. The molecule has 2 N–H and O–H groups in total. The van der Waals surface area contributed by atoms with E-state index in [9.17, 15) is 13.6 Å². The van der Waals surface area contributed by atoms with Crippen molar-refractivity contribution >= 4 is 16.7 Å². The number of anilines is 1. The summed E-state index contributed by atoms with van der Waals surface area (Å²) in [7, 11) is 1.82. The summed E-state index contributed by atoms with van der Waals surface area (Å²) >= 11 is 0. The van der Waals surface area contributed by atoms with Crippen LogP contribution in [0.25, 0.3) is 28.2 Å². The fourth-order valence-electron chi connectivity index (χ4n) is 4.73. The van der Waals surface area contributed by atoms with Crippen LogP contribution in [0.4, 0.5) is 14.5 Å². The Hall–Kier alpha value is -4.41. The minimum Gasteiger partial charge on any atom is -0.388 e. The van der Waals surface area contributed by atoms with Crippen molar-refractivity contribution in [3.05, 3.63) is 82.9 Å². The number of H-pyrrole nitrogens is 1. The highest BCUT2D eigenvalue weighted by atomic mass is 19.1. The van der Waals surface area contributed by atoms with Crippen molar-refractivity contribution in [2.75, 3.05) is 12.4 Å². The normalized spacial score (nSPS) is 17.5. The first kappa shape index (κ1) is 21.1. The van der Waals surface area contributed by atoms with Crippen LogP contribution in [-0.2, 0) is 0 Å². The molecule has 1 saturated carbocycles. The van der Waals surface area contributed by atoms with Gasteiger partial charge in [0.05, 0.1) is 11.0 Å². The van der Waals surface area contributed by atoms with Gasteiger partial charge in [0.1, 0.15) is 35.2 Å². The second kappa shape index (κ2) is 8.12. The number of nitrogens with zero attached hydrogens (tertiary/aromatic N) is 6. The standard InChI is InChI=1S/C24H20F2N8O/c1-27-14-5-6-20-19(11-14)30-24(35)33(20)15-9-13(10-15)22-31-32-23(18-7-8-28-12-29-18)34(22)21-16(25)3-2-4-17(21)26/h2-8,11-13,15,27H,9-10H2,1H3,(H,30,35). The van der Waals surface area contributed by atoms with Crippen LogP contribution in [-0.4, -0.2) is 41.3 Å². The minimum atomic E-state index is -0.731. The van der Waals surface area contributed by atoms with Crippen LogP contribution >= 0.6 is 0 Å². The third-order valence-electron chi connectivity index (χ3n) is 6.51. The van der Waals surface area contributed by atoms with Crippen molar-refractivity contribution in [2.45, 2.75) is 24.8 Å². The summed E-state index contributed by atoms with van der Waals surface area (Å²) in [6.07, 6.45) is 4.01. The Morgan fingerprint density at radius 1 is 1.09 bits per heavy atom. The second-order valence-corrected chi connectivity index (χ2v) is 8.49. The Morgan fingerprint density at radius 2 is 1.89 bits per heavy atom. The molecule has 35 heavy (non-hydrogen) atoms. The lowest BCUT2D eigenvalue weighted by atomic mass is 9.79. The highest BCUT2D eigenvalue weighted by Crippen LogP contribution is 2.46. The molecule has 0 radical (unpaired) electrons. The lowest BCUT2D eigenvalue weighted by Gasteiger charge is -2.35. The van der Waals surface area contributed by atoms with Gasteiger partial charge < -0.3 is 10.3 Å². The maximum atomic E-state index is 14.9. The monoisotopic (exact) mass is 474 g/mol. The van der Waals surface area contributed by atoms with Crippen LogP contribution in [0.15, 0.2) is 59.8 Å². The highest BCUT2D eigenvalue weighted by Gasteiger charge is 2.38. The van der Waals surface area contributed by atoms with Gasteiger partial charge in [0.15, 0.2) is 5.82 Å². The van der Waals surface area contributed by atoms with Crippen molar-refractivity contribution in [1.29, 1.82) is 0 Å². The van der Waals surface area contributed by atoms with Gasteiger partial charge in [-0.2, -0.15) is 0 Å². The predicted octanol–water partition coefficient (Wildman–Crippen LogP) is 3.81. The number of imidazole rings is 1. The summed E-state index contributed by atoms with van der Waals surface area (Å²) in [5, 5.41) is 11.6. The predicted molar refractivity (Wildman–Crippen MR) is 125 cm³/mol. The number of aromatic nitrogens is 7. The minimum absolute atomic E-state index is 0.0835. The zero-order chi connectivity index (χ0) is 24.1. The van der Waals surface area contributed by atoms with Gasteiger partial charge in [-0.25, -0.2) is 23.5 Å². The summed E-state index contributed by atoms with van der Waals surface area (Å²) in [4.78, 5) is 23.7. The molecular formula is C24H20F2N8O. The fraction of sp³-hybridized carbons (Fsp3) is 0.208. The zero-order valence-corrected chi connectivity index (χ0v) is 18.6. The number of halogens is 2. The third kappa shape index (κ3) is 3.38. The Labute approximate surface area is 197 Å². The lowest BCUT2D eigenvalue weighted by Crippen LogP contribution is -2.33. The average molecular weight is 474 g/mol. The molecule has 0 aliphatic heterocycles. The summed E-state index contributed by atoms with van der Waals surface area (Å²) in [5.74, 6) is -0.978. The average Bonchev–Trinajstić information content (AvgIpc) is 3.39. The summed E-state index contributed by atoms with van der Waals surface area (Å²) < 4.78 is 32.9. The first-order valence-electron chi connectivity index (χ1n) is 11.1. The van der Waals surface area contributed by atoms with Gasteiger partial charge in [-0.05, 0) is 49.2 Å². The number of rotatable bonds is 5. The van der Waals surface area contributed by atoms with Crippen LogP contribution in [0, 0.1) is 11.6 Å². The first-order valence-corrected chi connectivity index (χ1v) is 11.1. The number of fused-ring (bicyclic) bond motifs is 1. The van der Waals surface area contributed by atoms with E-state index in [2.05, 4.69) is 30.5 Å². The molecule has 176 valence electrons. The molecule has 3 heterocycles. The molecule has 0 spiro atoms. The molecule has 1 fully saturated rings. The zero-order valence-electron chi connectivity index (χ0n) is 18.6. The van der Waals surface area contributed by atoms with Crippen LogP contribution in [0.3, 0.4) is 0 Å². The molecule has 0 amide bonds. The topological polar surface area (TPSA) is 106 Å². The Balaban J connectivity index is 1.40. The van der Waals surface area contributed by atoms with Crippen LogP contribution in [0.5, 0.6) is 0 Å². The van der Waals surface area contributed by atoms with E-state index in [0.29, 0.717) is 24.4 Å². The van der Waals surface area contributed by atoms with E-state index in [4.69, 9.17) is 0 Å². The van der Waals surface area contributed by atoms with Crippen LogP contribution in [0.1, 0.15) is 30.6 Å². The van der Waals surface area contributed by atoms with Crippen molar-refractivity contribution in [3.8, 4) is 17.2 Å². The number of aromatic amines is 1. The molecule has 0 bridgehead atoms. The SMILES string of the molecule is CNc1ccc2c(c1)[nH]c(=O)n2C1CC(c2nnc(-c3ccncn3)n2-c2c(F)cccc2F)C1. The van der Waals surface area contributed by atoms with Crippen molar-refractivity contribution in [3.63, 3.8) is 0 Å². The van der Waals surface area contributed by atoms with Crippen LogP contribution < -0.4 is 11.0 Å². The Bertz CT molecular complexity index is 1580. The molecule has 0 unspecified atom stereocenters. The van der Waals surface area contributed by atoms with Gasteiger partial charge in [-0.15, -0.1) is 10.2 Å². The largest absolute Gasteiger partial charge is 0.388 e. The molecule has 1 aliphatic rings. The third-order valence-corrected chi connectivity index (χ3v) is 6.51. The van der Waals surface area contributed by atoms with Gasteiger partial charge in [0.2, 0.25) is 0 Å². The number of nitrogens with one attached hydrogen (secondary N) is 2. The quantitative estimate of drug-likeness (QED) is 0.401. The molecule has 5 aromatic rings. The van der Waals surface area contributed by atoms with E-state index in [1.807, 2.05) is 25.2 Å². The highest BCUT2D eigenvalue weighted by molar-refractivity contribution is 5.79. The van der Waals surface area contributed by atoms with E-state index in [1.165, 1.54) is 35.3 Å². The maximum absolute atomic E-state index is 14.9. The van der Waals surface area contributed by atoms with Gasteiger partial charge in [0.25, 0.3) is 0 Å². The Morgan fingerprint density at radius 3 is 2.60 bits per heavy atom. The molecular weight excluding hydrogens is 454 g/mol. The van der Waals surface area contributed by atoms with E-state index in [1.54, 1.807) is 10.6 Å². The molecule has 6 rings (SSSR count). The molecule has 1 aliphatic carbocycles. The molecule has 9 nitrogen and oxygen atoms in total. The van der Waals surface area contributed by atoms with E-state index in [-0.39, 0.29) is 29.2 Å². The number of para-hydroxylation sites is 1. The van der Waals surface area contributed by atoms with Crippen molar-refractivity contribution < 1.29 is 8.78 Å². The van der Waals surface area contributed by atoms with Gasteiger partial charge in [-0.1, -0.05) is 6.07 Å². The lowest BCUT2D eigenvalue weighted by molar-refractivity contribution is 0.254. The number of benzene rings is 2. The Kier molecular flexibility index (Phi) is 4.90. The molecule has 0 atom stereocenters. The molecule has 3 aromatic heterocycles. The van der Waals surface area contributed by atoms with Crippen molar-refractivity contribution in [1.82, 2.24) is 34.3 Å². The van der Waals surface area contributed by atoms with Crippen molar-refractivity contribution in [2.24, 2.45) is 0 Å². The second-order valence-electron chi connectivity index (χ2n) is 8.49. The van der Waals surface area contributed by atoms with E-state index >= 15 is 0 Å². The van der Waals surface area contributed by atoms with Gasteiger partial charge >= 0.3 is 5.69 Å². The smallest absolute Gasteiger partial charge is 0.326 e. The van der Waals surface area contributed by atoms with Gasteiger partial charge in [0, 0.05) is 30.9 Å².